The van der Waals surface area contributed by atoms with Crippen molar-refractivity contribution in [2.75, 3.05) is 32.8 Å². The summed E-state index contributed by atoms with van der Waals surface area (Å²) in [5.41, 5.74) is 7.61. The number of morpholine rings is 1. The molecule has 2 atom stereocenters. The van der Waals surface area contributed by atoms with E-state index in [0.29, 0.717) is 42.9 Å². The largest absolute Gasteiger partial charge is 0.416 e. The molecule has 2 aliphatic rings. The highest BCUT2D eigenvalue weighted by molar-refractivity contribution is 5.90. The fourth-order valence-electron chi connectivity index (χ4n) is 4.28. The molecular formula is C25H30F3N5O2. The molecule has 1 saturated heterocycles. The average molecular weight is 490 g/mol. The molecule has 2 heterocycles. The second-order valence-corrected chi connectivity index (χ2v) is 8.72. The monoisotopic (exact) mass is 489 g/mol. The zero-order valence-electron chi connectivity index (χ0n) is 19.6. The van der Waals surface area contributed by atoms with Gasteiger partial charge in [0.2, 0.25) is 5.91 Å². The molecule has 1 unspecified atom stereocenters. The molecule has 0 spiro atoms. The van der Waals surface area contributed by atoms with Crippen LogP contribution >= 0.6 is 0 Å². The summed E-state index contributed by atoms with van der Waals surface area (Å²) in [4.78, 5) is 19.5. The third kappa shape index (κ3) is 5.94. The van der Waals surface area contributed by atoms with Crippen molar-refractivity contribution in [2.45, 2.75) is 38.1 Å². The van der Waals surface area contributed by atoms with Gasteiger partial charge in [0.15, 0.2) is 5.96 Å². The maximum absolute atomic E-state index is 13.2. The summed E-state index contributed by atoms with van der Waals surface area (Å²) in [5, 5.41) is 6.28. The quantitative estimate of drug-likeness (QED) is 0.601. The van der Waals surface area contributed by atoms with Gasteiger partial charge < -0.3 is 26.0 Å². The van der Waals surface area contributed by atoms with E-state index in [9.17, 15) is 18.0 Å². The SMILES string of the molecule is C[C@@H](NC(=O)C1CCN=C(N2CCOCC2)N1)c1ccc(-c2cc(C(F)(F)F)ccc2CN)cc1. The number of guanidine groups is 1. The molecule has 0 saturated carbocycles. The Balaban J connectivity index is 1.42. The smallest absolute Gasteiger partial charge is 0.378 e. The van der Waals surface area contributed by atoms with Crippen molar-refractivity contribution in [3.8, 4) is 11.1 Å². The molecule has 2 aromatic rings. The van der Waals surface area contributed by atoms with Gasteiger partial charge in [0, 0.05) is 26.2 Å². The van der Waals surface area contributed by atoms with Gasteiger partial charge in [-0.2, -0.15) is 13.2 Å². The van der Waals surface area contributed by atoms with Gasteiger partial charge in [-0.15, -0.1) is 0 Å². The molecule has 0 radical (unpaired) electrons. The number of benzene rings is 2. The summed E-state index contributed by atoms with van der Waals surface area (Å²) >= 11 is 0. The van der Waals surface area contributed by atoms with Crippen LogP contribution in [0.15, 0.2) is 47.5 Å². The number of nitrogens with two attached hydrogens (primary N) is 1. The lowest BCUT2D eigenvalue weighted by molar-refractivity contribution is -0.137. The highest BCUT2D eigenvalue weighted by Crippen LogP contribution is 2.34. The summed E-state index contributed by atoms with van der Waals surface area (Å²) in [6.07, 6.45) is -3.83. The van der Waals surface area contributed by atoms with E-state index in [1.165, 1.54) is 6.07 Å². The Morgan fingerprint density at radius 2 is 1.94 bits per heavy atom. The van der Waals surface area contributed by atoms with Crippen molar-refractivity contribution in [2.24, 2.45) is 10.7 Å². The maximum atomic E-state index is 13.2. The van der Waals surface area contributed by atoms with E-state index in [2.05, 4.69) is 20.5 Å². The first-order valence-corrected chi connectivity index (χ1v) is 11.7. The van der Waals surface area contributed by atoms with Gasteiger partial charge in [-0.25, -0.2) is 0 Å². The summed E-state index contributed by atoms with van der Waals surface area (Å²) < 4.78 is 45.0. The molecule has 2 aliphatic heterocycles. The van der Waals surface area contributed by atoms with E-state index >= 15 is 0 Å². The molecule has 0 bridgehead atoms. The first-order valence-electron chi connectivity index (χ1n) is 11.7. The zero-order valence-corrected chi connectivity index (χ0v) is 19.6. The van der Waals surface area contributed by atoms with Gasteiger partial charge in [-0.1, -0.05) is 30.3 Å². The predicted molar refractivity (Wildman–Crippen MR) is 128 cm³/mol. The predicted octanol–water partition coefficient (Wildman–Crippen LogP) is 3.06. The number of halogens is 3. The van der Waals surface area contributed by atoms with Crippen LogP contribution in [-0.4, -0.2) is 55.7 Å². The number of hydrogen-bond donors (Lipinski definition) is 3. The van der Waals surface area contributed by atoms with Crippen LogP contribution in [0.2, 0.25) is 0 Å². The first-order chi connectivity index (χ1) is 16.8. The lowest BCUT2D eigenvalue weighted by Crippen LogP contribution is -2.56. The van der Waals surface area contributed by atoms with Crippen LogP contribution in [-0.2, 0) is 22.3 Å². The van der Waals surface area contributed by atoms with E-state index in [1.54, 1.807) is 12.1 Å². The van der Waals surface area contributed by atoms with Crippen molar-refractivity contribution in [3.05, 3.63) is 59.2 Å². The lowest BCUT2D eigenvalue weighted by Gasteiger charge is -2.34. The third-order valence-electron chi connectivity index (χ3n) is 6.35. The minimum Gasteiger partial charge on any atom is -0.378 e. The van der Waals surface area contributed by atoms with Crippen molar-refractivity contribution in [1.82, 2.24) is 15.5 Å². The third-order valence-corrected chi connectivity index (χ3v) is 6.35. The molecule has 4 N–H and O–H groups in total. The van der Waals surface area contributed by atoms with E-state index in [4.69, 9.17) is 10.5 Å². The van der Waals surface area contributed by atoms with Crippen LogP contribution in [0.4, 0.5) is 13.2 Å². The summed E-state index contributed by atoms with van der Waals surface area (Å²) in [6.45, 7) is 5.33. The van der Waals surface area contributed by atoms with Crippen LogP contribution < -0.4 is 16.4 Å². The second kappa shape index (κ2) is 10.7. The van der Waals surface area contributed by atoms with Crippen LogP contribution in [0, 0.1) is 0 Å². The van der Waals surface area contributed by atoms with Crippen LogP contribution in [0.25, 0.3) is 11.1 Å². The molecule has 188 valence electrons. The van der Waals surface area contributed by atoms with Gasteiger partial charge in [0.1, 0.15) is 6.04 Å². The molecule has 7 nitrogen and oxygen atoms in total. The molecule has 10 heteroatoms. The van der Waals surface area contributed by atoms with Gasteiger partial charge in [-0.05, 0) is 47.7 Å². The van der Waals surface area contributed by atoms with Crippen LogP contribution in [0.5, 0.6) is 0 Å². The van der Waals surface area contributed by atoms with E-state index in [1.807, 2.05) is 19.1 Å². The molecule has 2 aromatic carbocycles. The topological polar surface area (TPSA) is 92.0 Å². The number of hydrogen-bond acceptors (Lipinski definition) is 6. The van der Waals surface area contributed by atoms with Crippen LogP contribution in [0.3, 0.4) is 0 Å². The summed E-state index contributed by atoms with van der Waals surface area (Å²) in [7, 11) is 0. The number of ether oxygens (including phenoxy) is 1. The second-order valence-electron chi connectivity index (χ2n) is 8.72. The minimum absolute atomic E-state index is 0.120. The fraction of sp³-hybridized carbons (Fsp3) is 0.440. The van der Waals surface area contributed by atoms with E-state index in [-0.39, 0.29) is 24.5 Å². The van der Waals surface area contributed by atoms with Gasteiger partial charge in [0.25, 0.3) is 0 Å². The van der Waals surface area contributed by atoms with Crippen molar-refractivity contribution in [1.29, 1.82) is 0 Å². The Morgan fingerprint density at radius 1 is 1.23 bits per heavy atom. The number of amides is 1. The highest BCUT2D eigenvalue weighted by Gasteiger charge is 2.31. The van der Waals surface area contributed by atoms with Crippen molar-refractivity contribution < 1.29 is 22.7 Å². The number of nitrogens with zero attached hydrogens (tertiary/aromatic N) is 2. The van der Waals surface area contributed by atoms with Gasteiger partial charge in [-0.3, -0.25) is 9.79 Å². The standard InChI is InChI=1S/C25H30F3N5O2/c1-16(31-23(34)22-8-9-30-24(32-22)33-10-12-35-13-11-33)17-2-4-18(5-3-17)21-14-20(25(26,27)28)7-6-19(21)15-29/h2-7,14,16,22H,8-13,15,29H2,1H3,(H,30,32)(H,31,34)/t16-,22?/m1/s1. The molecular weight excluding hydrogens is 459 g/mol. The van der Waals surface area contributed by atoms with Crippen molar-refractivity contribution >= 4 is 11.9 Å². The molecule has 0 aliphatic carbocycles. The summed E-state index contributed by atoms with van der Waals surface area (Å²) in [6, 6.07) is 10.1. The lowest BCUT2D eigenvalue weighted by atomic mass is 9.95. The fourth-order valence-corrected chi connectivity index (χ4v) is 4.28. The Hall–Kier alpha value is -3.11. The Morgan fingerprint density at radius 3 is 2.60 bits per heavy atom. The number of aliphatic imine (C=N–C) groups is 1. The number of nitrogens with one attached hydrogen (secondary N) is 2. The summed E-state index contributed by atoms with van der Waals surface area (Å²) in [5.74, 6) is 0.610. The Kier molecular flexibility index (Phi) is 7.61. The zero-order chi connectivity index (χ0) is 25.0. The highest BCUT2D eigenvalue weighted by atomic mass is 19.4. The van der Waals surface area contributed by atoms with E-state index < -0.39 is 11.7 Å². The number of rotatable bonds is 5. The first kappa shape index (κ1) is 25.0. The molecule has 1 amide bonds. The normalized spacial score (nSPS) is 19.5. The Labute approximate surface area is 202 Å². The number of alkyl halides is 3. The minimum atomic E-state index is -4.43. The average Bonchev–Trinajstić information content (AvgIpc) is 2.88. The maximum Gasteiger partial charge on any atom is 0.416 e. The van der Waals surface area contributed by atoms with Gasteiger partial charge in [0.05, 0.1) is 24.8 Å². The van der Waals surface area contributed by atoms with Crippen LogP contribution in [0.1, 0.15) is 36.1 Å². The molecule has 4 rings (SSSR count). The molecule has 35 heavy (non-hydrogen) atoms. The number of carbonyl (C=O) groups excluding carboxylic acids is 1. The number of carbonyl (C=O) groups is 1. The van der Waals surface area contributed by atoms with E-state index in [0.717, 1.165) is 36.7 Å². The van der Waals surface area contributed by atoms with Crippen molar-refractivity contribution in [3.63, 3.8) is 0 Å². The van der Waals surface area contributed by atoms with Gasteiger partial charge >= 0.3 is 6.18 Å². The molecule has 0 aromatic heterocycles. The Bertz CT molecular complexity index is 1070. The molecule has 1 fully saturated rings.